The molecular formula is C31H42FN3O5. The summed E-state index contributed by atoms with van der Waals surface area (Å²) in [6, 6.07) is 8.23. The smallest absolute Gasteiger partial charge is 0.308 e. The van der Waals surface area contributed by atoms with E-state index in [4.69, 9.17) is 9.57 Å². The summed E-state index contributed by atoms with van der Waals surface area (Å²) >= 11 is 0. The highest BCUT2D eigenvalue weighted by atomic mass is 19.1. The highest BCUT2D eigenvalue weighted by Crippen LogP contribution is 2.35. The highest BCUT2D eigenvalue weighted by molar-refractivity contribution is 6.12. The van der Waals surface area contributed by atoms with Gasteiger partial charge in [0, 0.05) is 23.9 Å². The number of aromatic nitrogens is 1. The van der Waals surface area contributed by atoms with Crippen LogP contribution in [-0.2, 0) is 24.0 Å². The van der Waals surface area contributed by atoms with Crippen molar-refractivity contribution in [3.63, 3.8) is 0 Å². The number of unbranched alkanes of at least 4 members (excludes halogenated alkanes) is 7. The van der Waals surface area contributed by atoms with Gasteiger partial charge in [-0.2, -0.15) is 0 Å². The topological polar surface area (TPSA) is 107 Å². The Hall–Kier alpha value is -3.36. The average molecular weight is 556 g/mol. The van der Waals surface area contributed by atoms with Crippen molar-refractivity contribution >= 4 is 34.1 Å². The number of carbonyl (C=O) groups excluding carboxylic acids is 3. The third-order valence-corrected chi connectivity index (χ3v) is 7.47. The van der Waals surface area contributed by atoms with Crippen LogP contribution in [0, 0.1) is 5.92 Å². The van der Waals surface area contributed by atoms with Gasteiger partial charge >= 0.3 is 5.97 Å². The van der Waals surface area contributed by atoms with E-state index < -0.39 is 42.4 Å². The Morgan fingerprint density at radius 1 is 1.05 bits per heavy atom. The molecule has 1 aliphatic heterocycles. The maximum absolute atomic E-state index is 13.5. The van der Waals surface area contributed by atoms with Gasteiger partial charge in [-0.05, 0) is 17.9 Å². The number of carbonyl (C=O) groups is 3. The largest absolute Gasteiger partial charge is 0.466 e. The van der Waals surface area contributed by atoms with E-state index in [2.05, 4.69) is 22.4 Å². The number of pyridine rings is 1. The van der Waals surface area contributed by atoms with Crippen molar-refractivity contribution in [1.29, 1.82) is 0 Å². The Kier molecular flexibility index (Phi) is 12.0. The summed E-state index contributed by atoms with van der Waals surface area (Å²) in [7, 11) is 0. The number of Topliss-reactive ketones (excluding diaryl/α,β-unsaturated/α-hetero) is 1. The second kappa shape index (κ2) is 15.4. The number of esters is 1. The molecule has 3 rings (SSSR count). The molecule has 0 spiro atoms. The first-order chi connectivity index (χ1) is 19.3. The first kappa shape index (κ1) is 31.2. The molecule has 0 radical (unpaired) electrons. The number of rotatable bonds is 17. The molecule has 218 valence electrons. The van der Waals surface area contributed by atoms with Crippen LogP contribution in [0.5, 0.6) is 0 Å². The van der Waals surface area contributed by atoms with E-state index in [0.29, 0.717) is 11.4 Å². The van der Waals surface area contributed by atoms with Gasteiger partial charge < -0.3 is 14.9 Å². The lowest BCUT2D eigenvalue weighted by molar-refractivity contribution is -0.153. The Labute approximate surface area is 236 Å². The second-order valence-electron chi connectivity index (χ2n) is 10.8. The highest BCUT2D eigenvalue weighted by Gasteiger charge is 2.51. The van der Waals surface area contributed by atoms with Crippen LogP contribution in [0.3, 0.4) is 0 Å². The first-order valence-electron chi connectivity index (χ1n) is 14.5. The summed E-state index contributed by atoms with van der Waals surface area (Å²) in [5.41, 5.74) is -0.336. The maximum atomic E-state index is 13.5. The quantitative estimate of drug-likeness (QED) is 0.194. The number of nitrogens with zero attached hydrogens (tertiary/aromatic N) is 2. The molecule has 2 heterocycles. The van der Waals surface area contributed by atoms with Crippen LogP contribution in [0.2, 0.25) is 0 Å². The van der Waals surface area contributed by atoms with E-state index in [1.807, 2.05) is 30.3 Å². The summed E-state index contributed by atoms with van der Waals surface area (Å²) in [5, 5.41) is 8.62. The molecule has 0 unspecified atom stereocenters. The minimum absolute atomic E-state index is 0.108. The van der Waals surface area contributed by atoms with E-state index in [1.165, 1.54) is 25.7 Å². The molecule has 2 atom stereocenters. The van der Waals surface area contributed by atoms with E-state index in [1.54, 1.807) is 20.0 Å². The predicted octanol–water partition coefficient (Wildman–Crippen LogP) is 5.85. The summed E-state index contributed by atoms with van der Waals surface area (Å²) in [5.74, 6) is -2.54. The van der Waals surface area contributed by atoms with Gasteiger partial charge in [-0.15, -0.1) is 0 Å². The van der Waals surface area contributed by atoms with Gasteiger partial charge in [-0.25, -0.2) is 4.39 Å². The number of hydrogen-bond acceptors (Lipinski definition) is 7. The number of hydrogen-bond donors (Lipinski definition) is 1. The lowest BCUT2D eigenvalue weighted by Crippen LogP contribution is -2.55. The number of benzene rings is 1. The lowest BCUT2D eigenvalue weighted by Gasteiger charge is -2.30. The zero-order valence-corrected chi connectivity index (χ0v) is 23.9. The monoisotopic (exact) mass is 555 g/mol. The van der Waals surface area contributed by atoms with Crippen LogP contribution in [0.15, 0.2) is 41.7 Å². The number of amides is 1. The molecule has 1 aliphatic rings. The summed E-state index contributed by atoms with van der Waals surface area (Å²) in [4.78, 5) is 48.5. The van der Waals surface area contributed by atoms with Gasteiger partial charge in [0.05, 0.1) is 18.7 Å². The van der Waals surface area contributed by atoms with Crippen LogP contribution in [0.1, 0.15) is 90.7 Å². The summed E-state index contributed by atoms with van der Waals surface area (Å²) in [6.07, 6.45) is 10.2. The molecule has 1 N–H and O–H groups in total. The minimum atomic E-state index is -1.44. The molecule has 1 aromatic heterocycles. The summed E-state index contributed by atoms with van der Waals surface area (Å²) < 4.78 is 18.7. The molecule has 9 heteroatoms. The van der Waals surface area contributed by atoms with Gasteiger partial charge in [0.15, 0.2) is 5.78 Å². The fourth-order valence-electron chi connectivity index (χ4n) is 4.89. The second-order valence-corrected chi connectivity index (χ2v) is 10.8. The van der Waals surface area contributed by atoms with Crippen LogP contribution in [0.25, 0.3) is 10.8 Å². The zero-order chi connectivity index (χ0) is 29.0. The molecule has 0 bridgehead atoms. The Bertz CT molecular complexity index is 1180. The maximum Gasteiger partial charge on any atom is 0.308 e. The summed E-state index contributed by atoms with van der Waals surface area (Å²) in [6.45, 7) is 4.71. The number of alkyl halides is 1. The Morgan fingerprint density at radius 2 is 1.75 bits per heavy atom. The van der Waals surface area contributed by atoms with Crippen molar-refractivity contribution < 1.29 is 28.3 Å². The van der Waals surface area contributed by atoms with Gasteiger partial charge in [0.2, 0.25) is 5.60 Å². The average Bonchev–Trinajstić information content (AvgIpc) is 3.42. The van der Waals surface area contributed by atoms with Crippen LogP contribution in [-0.4, -0.2) is 53.3 Å². The number of ketones is 1. The third-order valence-electron chi connectivity index (χ3n) is 7.47. The molecule has 0 saturated heterocycles. The molecule has 2 aromatic rings. The van der Waals surface area contributed by atoms with Crippen molar-refractivity contribution in [2.45, 2.75) is 96.6 Å². The van der Waals surface area contributed by atoms with Gasteiger partial charge in [0.1, 0.15) is 18.4 Å². The molecule has 8 nitrogen and oxygen atoms in total. The molecule has 0 saturated carbocycles. The van der Waals surface area contributed by atoms with E-state index in [9.17, 15) is 18.8 Å². The van der Waals surface area contributed by atoms with Crippen LogP contribution >= 0.6 is 0 Å². The Balaban J connectivity index is 1.58. The van der Waals surface area contributed by atoms with Crippen LogP contribution < -0.4 is 5.32 Å². The fraction of sp³-hybridized carbons (Fsp3) is 0.581. The molecule has 0 fully saturated rings. The van der Waals surface area contributed by atoms with Crippen molar-refractivity contribution in [2.75, 3.05) is 13.3 Å². The molecule has 1 aromatic carbocycles. The molecule has 1 amide bonds. The number of halogens is 1. The van der Waals surface area contributed by atoms with Crippen molar-refractivity contribution in [3.8, 4) is 0 Å². The third kappa shape index (κ3) is 8.08. The minimum Gasteiger partial charge on any atom is -0.466 e. The number of oxime groups is 1. The van der Waals surface area contributed by atoms with Crippen LogP contribution in [0.4, 0.5) is 4.39 Å². The number of ether oxygens (including phenoxy) is 1. The molecule has 0 aliphatic carbocycles. The number of fused-ring (bicyclic) bond motifs is 1. The van der Waals surface area contributed by atoms with Gasteiger partial charge in [-0.3, -0.25) is 19.4 Å². The number of nitrogens with one attached hydrogen (secondary N) is 1. The first-order valence-corrected chi connectivity index (χ1v) is 14.5. The molecule has 40 heavy (non-hydrogen) atoms. The lowest BCUT2D eigenvalue weighted by atomic mass is 9.83. The van der Waals surface area contributed by atoms with Gasteiger partial charge in [0.25, 0.3) is 5.91 Å². The molecular weight excluding hydrogens is 513 g/mol. The SMILES string of the molecule is CCCCCCCCCCOC(=O)C[C@H](NC(=O)[C@]1(C(C)C)CC(c2nccc3ccccc23)=NO1)C(=O)CF. The van der Waals surface area contributed by atoms with Gasteiger partial charge in [-0.1, -0.05) is 95.1 Å². The predicted molar refractivity (Wildman–Crippen MR) is 153 cm³/mol. The Morgan fingerprint density at radius 3 is 2.45 bits per heavy atom. The van der Waals surface area contributed by atoms with E-state index in [-0.39, 0.29) is 18.9 Å². The van der Waals surface area contributed by atoms with Crippen molar-refractivity contribution in [3.05, 3.63) is 42.2 Å². The van der Waals surface area contributed by atoms with Crippen molar-refractivity contribution in [2.24, 2.45) is 11.1 Å². The van der Waals surface area contributed by atoms with E-state index in [0.717, 1.165) is 36.5 Å². The van der Waals surface area contributed by atoms with E-state index >= 15 is 0 Å². The fourth-order valence-corrected chi connectivity index (χ4v) is 4.89. The zero-order valence-electron chi connectivity index (χ0n) is 23.9. The standard InChI is InChI=1S/C31H42FN3O5/c1-4-5-6-7-8-9-10-13-18-39-28(37)19-25(27(36)21-32)34-30(38)31(22(2)3)20-26(35-40-31)29-24-15-12-11-14-23(24)16-17-33-29/h11-12,14-17,22,25H,4-10,13,18-21H2,1-3H3,(H,34,38)/t25-,31+/m0/s1. The van der Waals surface area contributed by atoms with Crippen molar-refractivity contribution in [1.82, 2.24) is 10.3 Å². The normalized spacial score (nSPS) is 17.4.